The zero-order valence-electron chi connectivity index (χ0n) is 8.35. The molecule has 0 amide bonds. The van der Waals surface area contributed by atoms with E-state index in [9.17, 15) is 8.42 Å². The largest absolute Gasteiger partial charge is 0.317 e. The molecule has 0 fully saturated rings. The maximum absolute atomic E-state index is 10.8. The van der Waals surface area contributed by atoms with Crippen molar-refractivity contribution in [3.05, 3.63) is 12.2 Å². The molecule has 0 saturated carbocycles. The number of aromatic nitrogens is 3. The van der Waals surface area contributed by atoms with Gasteiger partial charge in [0.15, 0.2) is 0 Å². The molecule has 0 bridgehead atoms. The Morgan fingerprint density at radius 2 is 2.33 bits per heavy atom. The van der Waals surface area contributed by atoms with Gasteiger partial charge in [0.2, 0.25) is 10.0 Å². The summed E-state index contributed by atoms with van der Waals surface area (Å²) in [5.74, 6) is 0.996. The van der Waals surface area contributed by atoms with Crippen LogP contribution in [0.25, 0.3) is 0 Å². The fourth-order valence-electron chi connectivity index (χ4n) is 1.08. The fourth-order valence-corrected chi connectivity index (χ4v) is 1.80. The lowest BCUT2D eigenvalue weighted by atomic mass is 10.4. The second kappa shape index (κ2) is 5.43. The van der Waals surface area contributed by atoms with Gasteiger partial charge >= 0.3 is 0 Å². The first kappa shape index (κ1) is 12.4. The van der Waals surface area contributed by atoms with Gasteiger partial charge in [-0.05, 0) is 6.42 Å². The molecule has 0 aromatic carbocycles. The Balaban J connectivity index is 2.32. The smallest absolute Gasteiger partial charge is 0.208 e. The third kappa shape index (κ3) is 4.59. The van der Waals surface area contributed by atoms with E-state index >= 15 is 0 Å². The number of alkyl halides is 1. The standard InChI is InChI=1S/C7H13ClN4O2S/c1-15(13,14)10-3-2-4-12-6-9-11-7(12)5-8/h6,10H,2-5H2,1H3. The molecule has 0 radical (unpaired) electrons. The van der Waals surface area contributed by atoms with Crippen molar-refractivity contribution in [3.63, 3.8) is 0 Å². The van der Waals surface area contributed by atoms with Crippen LogP contribution in [0.4, 0.5) is 0 Å². The van der Waals surface area contributed by atoms with E-state index in [0.29, 0.717) is 31.2 Å². The number of hydrogen-bond acceptors (Lipinski definition) is 4. The summed E-state index contributed by atoms with van der Waals surface area (Å²) in [6, 6.07) is 0. The molecule has 0 spiro atoms. The molecule has 0 aliphatic rings. The predicted molar refractivity (Wildman–Crippen MR) is 57.0 cm³/mol. The normalized spacial score (nSPS) is 11.9. The number of nitrogens with zero attached hydrogens (tertiary/aromatic N) is 3. The summed E-state index contributed by atoms with van der Waals surface area (Å²) < 4.78 is 25.7. The zero-order valence-corrected chi connectivity index (χ0v) is 9.92. The van der Waals surface area contributed by atoms with Gasteiger partial charge in [-0.3, -0.25) is 0 Å². The lowest BCUT2D eigenvalue weighted by Gasteiger charge is -2.04. The highest BCUT2D eigenvalue weighted by Gasteiger charge is 2.03. The van der Waals surface area contributed by atoms with Crippen LogP contribution in [0.2, 0.25) is 0 Å². The van der Waals surface area contributed by atoms with E-state index < -0.39 is 10.0 Å². The minimum absolute atomic E-state index is 0.305. The average molecular weight is 253 g/mol. The van der Waals surface area contributed by atoms with Gasteiger partial charge in [0.25, 0.3) is 0 Å². The molecule has 1 N–H and O–H groups in total. The highest BCUT2D eigenvalue weighted by Crippen LogP contribution is 2.00. The Morgan fingerprint density at radius 3 is 2.93 bits per heavy atom. The van der Waals surface area contributed by atoms with Crippen molar-refractivity contribution < 1.29 is 8.42 Å². The first-order chi connectivity index (χ1) is 7.03. The van der Waals surface area contributed by atoms with Crippen LogP contribution in [-0.2, 0) is 22.4 Å². The molecular weight excluding hydrogens is 240 g/mol. The predicted octanol–water partition coefficient (Wildman–Crippen LogP) is -0.0438. The fraction of sp³-hybridized carbons (Fsp3) is 0.714. The molecule has 0 unspecified atom stereocenters. The molecule has 8 heteroatoms. The van der Waals surface area contributed by atoms with Gasteiger partial charge < -0.3 is 4.57 Å². The van der Waals surface area contributed by atoms with Crippen LogP contribution in [0.3, 0.4) is 0 Å². The highest BCUT2D eigenvalue weighted by atomic mass is 35.5. The molecule has 0 atom stereocenters. The van der Waals surface area contributed by atoms with Crippen LogP contribution in [-0.4, -0.2) is 36.0 Å². The molecule has 0 aliphatic carbocycles. The molecule has 1 aromatic heterocycles. The maximum Gasteiger partial charge on any atom is 0.208 e. The van der Waals surface area contributed by atoms with E-state index in [2.05, 4.69) is 14.9 Å². The number of rotatable bonds is 6. The summed E-state index contributed by atoms with van der Waals surface area (Å²) in [6.45, 7) is 1.05. The van der Waals surface area contributed by atoms with Crippen LogP contribution in [0.15, 0.2) is 6.33 Å². The third-order valence-corrected chi connectivity index (χ3v) is 2.72. The zero-order chi connectivity index (χ0) is 11.3. The average Bonchev–Trinajstić information content (AvgIpc) is 2.58. The van der Waals surface area contributed by atoms with E-state index in [1.54, 1.807) is 10.9 Å². The summed E-state index contributed by atoms with van der Waals surface area (Å²) in [5.41, 5.74) is 0. The molecule has 6 nitrogen and oxygen atoms in total. The van der Waals surface area contributed by atoms with Crippen molar-refractivity contribution in [1.29, 1.82) is 0 Å². The van der Waals surface area contributed by atoms with Crippen molar-refractivity contribution in [1.82, 2.24) is 19.5 Å². The first-order valence-corrected chi connectivity index (χ1v) is 6.83. The van der Waals surface area contributed by atoms with E-state index in [1.165, 1.54) is 0 Å². The summed E-state index contributed by atoms with van der Waals surface area (Å²) in [5, 5.41) is 7.51. The third-order valence-electron chi connectivity index (χ3n) is 1.76. The van der Waals surface area contributed by atoms with E-state index in [1.807, 2.05) is 0 Å². The highest BCUT2D eigenvalue weighted by molar-refractivity contribution is 7.88. The summed E-state index contributed by atoms with van der Waals surface area (Å²) in [7, 11) is -3.10. The molecule has 1 aromatic rings. The van der Waals surface area contributed by atoms with E-state index in [-0.39, 0.29) is 0 Å². The second-order valence-corrected chi connectivity index (χ2v) is 5.19. The number of nitrogens with one attached hydrogen (secondary N) is 1. The summed E-state index contributed by atoms with van der Waals surface area (Å²) in [6.07, 6.45) is 3.39. The molecule has 1 heterocycles. The van der Waals surface area contributed by atoms with Crippen molar-refractivity contribution in [2.24, 2.45) is 0 Å². The Labute approximate surface area is 93.7 Å². The van der Waals surface area contributed by atoms with Crippen molar-refractivity contribution in [3.8, 4) is 0 Å². The van der Waals surface area contributed by atoms with Crippen LogP contribution >= 0.6 is 11.6 Å². The van der Waals surface area contributed by atoms with E-state index in [0.717, 1.165) is 6.26 Å². The van der Waals surface area contributed by atoms with Crippen LogP contribution in [0, 0.1) is 0 Å². The number of sulfonamides is 1. The Bertz CT molecular complexity index is 403. The summed E-state index contributed by atoms with van der Waals surface area (Å²) >= 11 is 5.62. The van der Waals surface area contributed by atoms with Crippen molar-refractivity contribution in [2.75, 3.05) is 12.8 Å². The lowest BCUT2D eigenvalue weighted by Crippen LogP contribution is -2.23. The van der Waals surface area contributed by atoms with Gasteiger partial charge in [-0.25, -0.2) is 13.1 Å². The van der Waals surface area contributed by atoms with Gasteiger partial charge in [-0.15, -0.1) is 21.8 Å². The Kier molecular flexibility index (Phi) is 4.49. The molecule has 0 saturated heterocycles. The second-order valence-electron chi connectivity index (χ2n) is 3.09. The molecule has 0 aliphatic heterocycles. The van der Waals surface area contributed by atoms with Gasteiger partial charge in [0.05, 0.1) is 12.1 Å². The Hall–Kier alpha value is -0.660. The van der Waals surface area contributed by atoms with Crippen LogP contribution < -0.4 is 4.72 Å². The topological polar surface area (TPSA) is 76.9 Å². The lowest BCUT2D eigenvalue weighted by molar-refractivity contribution is 0.572. The van der Waals surface area contributed by atoms with Gasteiger partial charge in [-0.1, -0.05) is 0 Å². The van der Waals surface area contributed by atoms with Crippen LogP contribution in [0.5, 0.6) is 0 Å². The minimum Gasteiger partial charge on any atom is -0.317 e. The number of halogens is 1. The maximum atomic E-state index is 10.8. The number of aryl methyl sites for hydroxylation is 1. The number of hydrogen-bond donors (Lipinski definition) is 1. The summed E-state index contributed by atoms with van der Waals surface area (Å²) in [4.78, 5) is 0. The van der Waals surface area contributed by atoms with Gasteiger partial charge in [0.1, 0.15) is 12.2 Å². The van der Waals surface area contributed by atoms with Crippen molar-refractivity contribution in [2.45, 2.75) is 18.8 Å². The molecular formula is C7H13ClN4O2S. The Morgan fingerprint density at radius 1 is 1.60 bits per heavy atom. The molecule has 15 heavy (non-hydrogen) atoms. The van der Waals surface area contributed by atoms with E-state index in [4.69, 9.17) is 11.6 Å². The minimum atomic E-state index is -3.10. The molecule has 86 valence electrons. The SMILES string of the molecule is CS(=O)(=O)NCCCn1cnnc1CCl. The van der Waals surface area contributed by atoms with Crippen LogP contribution in [0.1, 0.15) is 12.2 Å². The first-order valence-electron chi connectivity index (χ1n) is 4.40. The quantitative estimate of drug-likeness (QED) is 0.569. The van der Waals surface area contributed by atoms with Gasteiger partial charge in [-0.2, -0.15) is 0 Å². The molecule has 1 rings (SSSR count). The van der Waals surface area contributed by atoms with Crippen molar-refractivity contribution >= 4 is 21.6 Å². The monoisotopic (exact) mass is 252 g/mol. The van der Waals surface area contributed by atoms with Gasteiger partial charge in [0, 0.05) is 13.1 Å².